The zero-order valence-electron chi connectivity index (χ0n) is 22.1. The van der Waals surface area contributed by atoms with Crippen molar-refractivity contribution in [2.24, 2.45) is 0 Å². The maximum absolute atomic E-state index is 12.5. The van der Waals surface area contributed by atoms with Crippen molar-refractivity contribution in [3.8, 4) is 22.5 Å². The molecule has 0 unspecified atom stereocenters. The smallest absolute Gasteiger partial charge is 0.256 e. The summed E-state index contributed by atoms with van der Waals surface area (Å²) < 4.78 is 30.1. The number of aliphatic hydroxyl groups is 1. The van der Waals surface area contributed by atoms with Crippen molar-refractivity contribution in [1.29, 1.82) is 0 Å². The van der Waals surface area contributed by atoms with Gasteiger partial charge in [0.2, 0.25) is 0 Å². The lowest BCUT2D eigenvalue weighted by molar-refractivity contribution is 0.269. The van der Waals surface area contributed by atoms with Crippen molar-refractivity contribution in [2.75, 3.05) is 6.61 Å². The molecule has 1 fully saturated rings. The Bertz CT molecular complexity index is 1780. The van der Waals surface area contributed by atoms with E-state index in [4.69, 9.17) is 4.98 Å². The third-order valence-electron chi connectivity index (χ3n) is 7.00. The van der Waals surface area contributed by atoms with E-state index in [-0.39, 0.29) is 17.9 Å². The zero-order valence-corrected chi connectivity index (χ0v) is 22.9. The van der Waals surface area contributed by atoms with Crippen LogP contribution in [0.4, 0.5) is 0 Å². The van der Waals surface area contributed by atoms with Crippen LogP contribution in [0.15, 0.2) is 49.3 Å². The van der Waals surface area contributed by atoms with E-state index in [9.17, 15) is 13.5 Å². The average Bonchev–Trinajstić information content (AvgIpc) is 3.37. The van der Waals surface area contributed by atoms with E-state index in [2.05, 4.69) is 50.8 Å². The largest absolute Gasteiger partial charge is 0.394 e. The first-order valence-corrected chi connectivity index (χ1v) is 14.5. The second-order valence-corrected chi connectivity index (χ2v) is 12.3. The second kappa shape index (κ2) is 9.69. The van der Waals surface area contributed by atoms with Gasteiger partial charge in [-0.15, -0.1) is 0 Å². The van der Waals surface area contributed by atoms with Gasteiger partial charge in [0, 0.05) is 59.5 Å². The molecule has 6 rings (SSSR count). The molecule has 39 heavy (non-hydrogen) atoms. The minimum Gasteiger partial charge on any atom is -0.394 e. The number of pyridine rings is 1. The van der Waals surface area contributed by atoms with Crippen LogP contribution in [0.5, 0.6) is 0 Å². The van der Waals surface area contributed by atoms with Crippen LogP contribution in [0.25, 0.3) is 33.4 Å². The lowest BCUT2D eigenvalue weighted by Gasteiger charge is -2.10. The molecular formula is C27H30N8O3S. The maximum atomic E-state index is 12.5. The normalized spacial score (nSPS) is 14.1. The lowest BCUT2D eigenvalue weighted by atomic mass is 10.1. The summed E-state index contributed by atoms with van der Waals surface area (Å²) in [6, 6.07) is 4.17. The van der Waals surface area contributed by atoms with Crippen LogP contribution < -0.4 is 0 Å². The van der Waals surface area contributed by atoms with E-state index in [1.54, 1.807) is 10.9 Å². The van der Waals surface area contributed by atoms with Gasteiger partial charge in [-0.3, -0.25) is 9.67 Å². The van der Waals surface area contributed by atoms with Crippen LogP contribution in [0.2, 0.25) is 0 Å². The van der Waals surface area contributed by atoms with Crippen LogP contribution >= 0.6 is 0 Å². The Hall–Kier alpha value is -3.90. The van der Waals surface area contributed by atoms with Crippen molar-refractivity contribution in [1.82, 2.24) is 38.5 Å². The standard InChI is InChI=1S/C27H30N8O3S/c1-17(2)34-16-25(24-15-33(8-9-36)32-18(24)3)23-13-29-21(11-26(23)34)10-20-6-7-28-27(31-20)19-12-30-35(14-19)39(37,38)22-4-5-22/h6-7,11-17,22,36H,4-5,8-10H2,1-3H3. The summed E-state index contributed by atoms with van der Waals surface area (Å²) >= 11 is 0. The van der Waals surface area contributed by atoms with Crippen molar-refractivity contribution in [2.45, 2.75) is 57.9 Å². The molecule has 1 aliphatic rings. The number of hydrogen-bond acceptors (Lipinski definition) is 8. The summed E-state index contributed by atoms with van der Waals surface area (Å²) in [7, 11) is -3.44. The Labute approximate surface area is 226 Å². The van der Waals surface area contributed by atoms with Gasteiger partial charge in [-0.1, -0.05) is 0 Å². The molecule has 202 valence electrons. The van der Waals surface area contributed by atoms with Gasteiger partial charge >= 0.3 is 0 Å². The number of rotatable bonds is 9. The molecule has 12 heteroatoms. The topological polar surface area (TPSA) is 134 Å². The van der Waals surface area contributed by atoms with E-state index in [1.807, 2.05) is 25.4 Å². The van der Waals surface area contributed by atoms with Crippen molar-refractivity contribution >= 4 is 20.9 Å². The first-order chi connectivity index (χ1) is 18.7. The number of hydrogen-bond donors (Lipinski definition) is 1. The van der Waals surface area contributed by atoms with E-state index >= 15 is 0 Å². The predicted molar refractivity (Wildman–Crippen MR) is 147 cm³/mol. The molecule has 0 aliphatic heterocycles. The zero-order chi connectivity index (χ0) is 27.3. The number of aryl methyl sites for hydroxylation is 1. The van der Waals surface area contributed by atoms with Gasteiger partial charge in [0.25, 0.3) is 10.0 Å². The molecular weight excluding hydrogens is 516 g/mol. The highest BCUT2D eigenvalue weighted by Gasteiger charge is 2.37. The van der Waals surface area contributed by atoms with Crippen LogP contribution in [-0.4, -0.2) is 63.9 Å². The fourth-order valence-corrected chi connectivity index (χ4v) is 6.30. The van der Waals surface area contributed by atoms with Crippen LogP contribution in [0, 0.1) is 6.92 Å². The van der Waals surface area contributed by atoms with E-state index < -0.39 is 10.0 Å². The Morgan fingerprint density at radius 2 is 1.90 bits per heavy atom. The third kappa shape index (κ3) is 4.74. The van der Waals surface area contributed by atoms with Gasteiger partial charge in [-0.05, 0) is 45.7 Å². The summed E-state index contributed by atoms with van der Waals surface area (Å²) in [4.78, 5) is 13.8. The Balaban J connectivity index is 1.31. The monoisotopic (exact) mass is 546 g/mol. The Morgan fingerprint density at radius 3 is 2.64 bits per heavy atom. The van der Waals surface area contributed by atoms with Gasteiger partial charge in [0.1, 0.15) is 0 Å². The molecule has 0 aromatic carbocycles. The highest BCUT2D eigenvalue weighted by Crippen LogP contribution is 2.34. The second-order valence-electron chi connectivity index (χ2n) is 10.2. The number of fused-ring (bicyclic) bond motifs is 1. The Morgan fingerprint density at radius 1 is 1.08 bits per heavy atom. The van der Waals surface area contributed by atoms with Crippen LogP contribution in [-0.2, 0) is 23.0 Å². The van der Waals surface area contributed by atoms with Gasteiger partial charge in [0.15, 0.2) is 5.82 Å². The molecule has 0 amide bonds. The fraction of sp³-hybridized carbons (Fsp3) is 0.370. The van der Waals surface area contributed by atoms with Crippen molar-refractivity contribution < 1.29 is 13.5 Å². The highest BCUT2D eigenvalue weighted by atomic mass is 32.2. The molecule has 5 aromatic heterocycles. The molecule has 1 N–H and O–H groups in total. The van der Waals surface area contributed by atoms with Crippen molar-refractivity contribution in [3.05, 3.63) is 66.4 Å². The van der Waals surface area contributed by atoms with Gasteiger partial charge < -0.3 is 9.67 Å². The minimum atomic E-state index is -3.44. The number of nitrogens with zero attached hydrogens (tertiary/aromatic N) is 8. The predicted octanol–water partition coefficient (Wildman–Crippen LogP) is 3.37. The maximum Gasteiger partial charge on any atom is 0.256 e. The average molecular weight is 547 g/mol. The van der Waals surface area contributed by atoms with Crippen LogP contribution in [0.1, 0.15) is 49.8 Å². The van der Waals surface area contributed by atoms with Gasteiger partial charge in [-0.2, -0.15) is 14.3 Å². The molecule has 0 atom stereocenters. The van der Waals surface area contributed by atoms with E-state index in [0.29, 0.717) is 37.2 Å². The summed E-state index contributed by atoms with van der Waals surface area (Å²) in [5, 5.41) is 18.6. The molecule has 0 radical (unpaired) electrons. The van der Waals surface area contributed by atoms with Crippen molar-refractivity contribution in [3.63, 3.8) is 0 Å². The quantitative estimate of drug-likeness (QED) is 0.297. The van der Waals surface area contributed by atoms with Gasteiger partial charge in [-0.25, -0.2) is 18.4 Å². The minimum absolute atomic E-state index is 0.0336. The van der Waals surface area contributed by atoms with E-state index in [1.165, 1.54) is 12.4 Å². The molecule has 0 bridgehead atoms. The third-order valence-corrected chi connectivity index (χ3v) is 9.03. The first kappa shape index (κ1) is 25.4. The molecule has 5 heterocycles. The number of aliphatic hydroxyl groups excluding tert-OH is 1. The number of aromatic nitrogens is 8. The molecule has 5 aromatic rings. The fourth-order valence-electron chi connectivity index (χ4n) is 4.82. The van der Waals surface area contributed by atoms with Crippen LogP contribution in [0.3, 0.4) is 0 Å². The summed E-state index contributed by atoms with van der Waals surface area (Å²) in [6.07, 6.45) is 12.5. The molecule has 1 saturated carbocycles. The molecule has 1 aliphatic carbocycles. The molecule has 0 spiro atoms. The Kier molecular flexibility index (Phi) is 6.31. The SMILES string of the molecule is Cc1nn(CCO)cc1-c1cn(C(C)C)c2cc(Cc3ccnc(-c4cnn(S(=O)(=O)C5CC5)c4)n3)ncc12. The highest BCUT2D eigenvalue weighted by molar-refractivity contribution is 7.90. The van der Waals surface area contributed by atoms with Gasteiger partial charge in [0.05, 0.1) is 53.3 Å². The summed E-state index contributed by atoms with van der Waals surface area (Å²) in [5.41, 5.74) is 6.23. The summed E-state index contributed by atoms with van der Waals surface area (Å²) in [6.45, 7) is 6.74. The summed E-state index contributed by atoms with van der Waals surface area (Å²) in [5.74, 6) is 0.425. The molecule has 11 nitrogen and oxygen atoms in total. The first-order valence-electron chi connectivity index (χ1n) is 13.0. The molecule has 0 saturated heterocycles. The lowest BCUT2D eigenvalue weighted by Crippen LogP contribution is -2.17. The van der Waals surface area contributed by atoms with E-state index in [0.717, 1.165) is 43.2 Å².